The summed E-state index contributed by atoms with van der Waals surface area (Å²) in [4.78, 5) is 26.4. The maximum absolute atomic E-state index is 12.5. The average Bonchev–Trinajstić information content (AvgIpc) is 2.72. The minimum atomic E-state index is -0.216. The Morgan fingerprint density at radius 3 is 2.48 bits per heavy atom. The number of hydrogen-bond acceptors (Lipinski definition) is 5. The molecule has 0 unspecified atom stereocenters. The topological polar surface area (TPSA) is 79.6 Å². The van der Waals surface area contributed by atoms with E-state index in [1.807, 2.05) is 36.4 Å². The van der Waals surface area contributed by atoms with Gasteiger partial charge in [-0.3, -0.25) is 9.59 Å². The van der Waals surface area contributed by atoms with Crippen molar-refractivity contribution in [2.45, 2.75) is 19.4 Å². The summed E-state index contributed by atoms with van der Waals surface area (Å²) < 4.78 is 10.9. The molecule has 0 bridgehead atoms. The van der Waals surface area contributed by atoms with Crippen LogP contribution >= 0.6 is 0 Å². The van der Waals surface area contributed by atoms with Crippen LogP contribution in [-0.2, 0) is 11.3 Å². The molecule has 0 atom stereocenters. The molecular formula is C21H20N2O4. The van der Waals surface area contributed by atoms with Gasteiger partial charge < -0.3 is 14.4 Å². The zero-order valence-corrected chi connectivity index (χ0v) is 14.9. The van der Waals surface area contributed by atoms with Crippen LogP contribution in [0.5, 0.6) is 11.5 Å². The second-order valence-electron chi connectivity index (χ2n) is 6.18. The molecule has 27 heavy (non-hydrogen) atoms. The molecule has 1 aliphatic rings. The fourth-order valence-corrected chi connectivity index (χ4v) is 2.86. The van der Waals surface area contributed by atoms with E-state index in [2.05, 4.69) is 0 Å². The van der Waals surface area contributed by atoms with Crippen molar-refractivity contribution in [1.82, 2.24) is 4.90 Å². The van der Waals surface area contributed by atoms with Crippen LogP contribution in [0.3, 0.4) is 0 Å². The van der Waals surface area contributed by atoms with Crippen LogP contribution in [0.4, 0.5) is 0 Å². The Kier molecular flexibility index (Phi) is 6.06. The van der Waals surface area contributed by atoms with Crippen molar-refractivity contribution in [3.63, 3.8) is 0 Å². The molecule has 6 heteroatoms. The predicted molar refractivity (Wildman–Crippen MR) is 98.5 cm³/mol. The molecule has 0 fully saturated rings. The average molecular weight is 364 g/mol. The number of ketones is 1. The second kappa shape index (κ2) is 8.86. The van der Waals surface area contributed by atoms with Gasteiger partial charge in [-0.2, -0.15) is 5.26 Å². The molecule has 3 rings (SSSR count). The van der Waals surface area contributed by atoms with E-state index in [4.69, 9.17) is 14.7 Å². The van der Waals surface area contributed by atoms with Crippen molar-refractivity contribution in [3.8, 4) is 17.6 Å². The summed E-state index contributed by atoms with van der Waals surface area (Å²) in [7, 11) is 0. The number of Topliss-reactive ketones (excluding diaryl/α,β-unsaturated/α-hetero) is 1. The van der Waals surface area contributed by atoms with Crippen molar-refractivity contribution >= 4 is 11.7 Å². The highest BCUT2D eigenvalue weighted by atomic mass is 16.6. The molecule has 1 aliphatic heterocycles. The molecule has 0 aromatic heterocycles. The Morgan fingerprint density at radius 2 is 1.74 bits per heavy atom. The van der Waals surface area contributed by atoms with E-state index in [1.165, 1.54) is 4.90 Å². The lowest BCUT2D eigenvalue weighted by molar-refractivity contribution is -0.131. The standard InChI is InChI=1S/C21H20N2O4/c22-10-11-23(15-16-4-2-1-3-5-16)21(25)9-7-18(24)17-6-8-19-20(14-17)27-13-12-26-19/h1-6,8,14H,7,9,11-13,15H2. The van der Waals surface area contributed by atoms with Crippen LogP contribution in [0.2, 0.25) is 0 Å². The van der Waals surface area contributed by atoms with Crippen LogP contribution in [-0.4, -0.2) is 36.3 Å². The number of hydrogen-bond donors (Lipinski definition) is 0. The SMILES string of the molecule is N#CCN(Cc1ccccc1)C(=O)CCC(=O)c1ccc2c(c1)OCCO2. The molecule has 0 N–H and O–H groups in total. The van der Waals surface area contributed by atoms with Crippen LogP contribution in [0.1, 0.15) is 28.8 Å². The van der Waals surface area contributed by atoms with E-state index in [0.29, 0.717) is 36.8 Å². The van der Waals surface area contributed by atoms with Crippen LogP contribution in [0.25, 0.3) is 0 Å². The normalized spacial score (nSPS) is 12.1. The summed E-state index contributed by atoms with van der Waals surface area (Å²) in [6.45, 7) is 1.29. The molecule has 138 valence electrons. The molecule has 0 radical (unpaired) electrons. The fraction of sp³-hybridized carbons (Fsp3) is 0.286. The molecular weight excluding hydrogens is 344 g/mol. The molecule has 0 saturated carbocycles. The number of nitrogens with zero attached hydrogens (tertiary/aromatic N) is 2. The number of rotatable bonds is 7. The van der Waals surface area contributed by atoms with Gasteiger partial charge in [0.05, 0.1) is 6.07 Å². The minimum Gasteiger partial charge on any atom is -0.486 e. The third-order valence-corrected chi connectivity index (χ3v) is 4.26. The maximum atomic E-state index is 12.5. The summed E-state index contributed by atoms with van der Waals surface area (Å²) >= 11 is 0. The zero-order chi connectivity index (χ0) is 19.1. The van der Waals surface area contributed by atoms with Crippen LogP contribution < -0.4 is 9.47 Å². The van der Waals surface area contributed by atoms with Gasteiger partial charge in [0.15, 0.2) is 17.3 Å². The molecule has 0 saturated heterocycles. The number of carbonyl (C=O) groups is 2. The first-order valence-corrected chi connectivity index (χ1v) is 8.79. The molecule has 2 aromatic rings. The Labute approximate surface area is 157 Å². The zero-order valence-electron chi connectivity index (χ0n) is 14.9. The Bertz CT molecular complexity index is 858. The Balaban J connectivity index is 1.59. The molecule has 0 aliphatic carbocycles. The van der Waals surface area contributed by atoms with Crippen molar-refractivity contribution in [3.05, 3.63) is 59.7 Å². The van der Waals surface area contributed by atoms with E-state index < -0.39 is 0 Å². The third kappa shape index (κ3) is 4.85. The highest BCUT2D eigenvalue weighted by Gasteiger charge is 2.18. The van der Waals surface area contributed by atoms with Gasteiger partial charge in [-0.25, -0.2) is 0 Å². The lowest BCUT2D eigenvalue weighted by Gasteiger charge is -2.20. The number of amides is 1. The van der Waals surface area contributed by atoms with E-state index in [9.17, 15) is 9.59 Å². The Hall–Kier alpha value is -3.33. The van der Waals surface area contributed by atoms with Gasteiger partial charge in [0.1, 0.15) is 19.8 Å². The van der Waals surface area contributed by atoms with Gasteiger partial charge in [0.25, 0.3) is 0 Å². The van der Waals surface area contributed by atoms with Crippen LogP contribution in [0, 0.1) is 11.3 Å². The molecule has 0 spiro atoms. The summed E-state index contributed by atoms with van der Waals surface area (Å²) in [6.07, 6.45) is 0.136. The third-order valence-electron chi connectivity index (χ3n) is 4.26. The smallest absolute Gasteiger partial charge is 0.224 e. The fourth-order valence-electron chi connectivity index (χ4n) is 2.86. The first-order chi connectivity index (χ1) is 13.2. The van der Waals surface area contributed by atoms with Gasteiger partial charge in [-0.1, -0.05) is 30.3 Å². The summed E-state index contributed by atoms with van der Waals surface area (Å²) in [5.74, 6) is 0.814. The number of ether oxygens (including phenoxy) is 2. The number of carbonyl (C=O) groups excluding carboxylic acids is 2. The number of benzene rings is 2. The van der Waals surface area contributed by atoms with Gasteiger partial charge in [0, 0.05) is 24.9 Å². The van der Waals surface area contributed by atoms with Crippen LogP contribution in [0.15, 0.2) is 48.5 Å². The van der Waals surface area contributed by atoms with Gasteiger partial charge in [0.2, 0.25) is 5.91 Å². The molecule has 2 aromatic carbocycles. The highest BCUT2D eigenvalue weighted by molar-refractivity contribution is 5.98. The lowest BCUT2D eigenvalue weighted by Crippen LogP contribution is -2.31. The first-order valence-electron chi connectivity index (χ1n) is 8.79. The summed E-state index contributed by atoms with van der Waals surface area (Å²) in [5.41, 5.74) is 1.43. The lowest BCUT2D eigenvalue weighted by atomic mass is 10.1. The second-order valence-corrected chi connectivity index (χ2v) is 6.18. The summed E-state index contributed by atoms with van der Waals surface area (Å²) in [5, 5.41) is 8.99. The predicted octanol–water partition coefficient (Wildman–Crippen LogP) is 2.97. The monoisotopic (exact) mass is 364 g/mol. The number of fused-ring (bicyclic) bond motifs is 1. The van der Waals surface area contributed by atoms with Crippen molar-refractivity contribution in [2.24, 2.45) is 0 Å². The van der Waals surface area contributed by atoms with E-state index >= 15 is 0 Å². The molecule has 1 amide bonds. The quantitative estimate of drug-likeness (QED) is 0.557. The molecule has 6 nitrogen and oxygen atoms in total. The van der Waals surface area contributed by atoms with Crippen molar-refractivity contribution < 1.29 is 19.1 Å². The van der Waals surface area contributed by atoms with E-state index in [0.717, 1.165) is 5.56 Å². The van der Waals surface area contributed by atoms with Gasteiger partial charge in [-0.15, -0.1) is 0 Å². The maximum Gasteiger partial charge on any atom is 0.224 e. The Morgan fingerprint density at radius 1 is 1.00 bits per heavy atom. The van der Waals surface area contributed by atoms with Gasteiger partial charge >= 0.3 is 0 Å². The summed E-state index contributed by atoms with van der Waals surface area (Å²) in [6, 6.07) is 16.5. The highest BCUT2D eigenvalue weighted by Crippen LogP contribution is 2.31. The van der Waals surface area contributed by atoms with E-state index in [-0.39, 0.29) is 31.1 Å². The van der Waals surface area contributed by atoms with Crippen molar-refractivity contribution in [1.29, 1.82) is 5.26 Å². The minimum absolute atomic E-state index is 0.00799. The van der Waals surface area contributed by atoms with E-state index in [1.54, 1.807) is 18.2 Å². The van der Waals surface area contributed by atoms with Gasteiger partial charge in [-0.05, 0) is 23.8 Å². The largest absolute Gasteiger partial charge is 0.486 e. The van der Waals surface area contributed by atoms with Crippen molar-refractivity contribution in [2.75, 3.05) is 19.8 Å². The molecule has 1 heterocycles. The number of nitriles is 1. The first kappa shape index (κ1) is 18.5.